The molecule has 6 heteroatoms. The summed E-state index contributed by atoms with van der Waals surface area (Å²) < 4.78 is 27.2. The van der Waals surface area contributed by atoms with Crippen molar-refractivity contribution in [3.8, 4) is 0 Å². The number of nitrogens with zero attached hydrogens (tertiary/aromatic N) is 1. The molecule has 0 aliphatic rings. The van der Waals surface area contributed by atoms with E-state index in [1.165, 1.54) is 12.5 Å². The minimum absolute atomic E-state index is 0.0895. The minimum atomic E-state index is -3.04. The van der Waals surface area contributed by atoms with Crippen molar-refractivity contribution in [1.82, 2.24) is 10.3 Å². The van der Waals surface area contributed by atoms with Crippen LogP contribution in [-0.2, 0) is 22.1 Å². The van der Waals surface area contributed by atoms with Crippen molar-refractivity contribution in [2.45, 2.75) is 25.6 Å². The van der Waals surface area contributed by atoms with Gasteiger partial charge in [0.1, 0.15) is 11.5 Å². The maximum atomic E-state index is 11.0. The number of aromatic nitrogens is 1. The molecule has 5 nitrogen and oxygen atoms in total. The van der Waals surface area contributed by atoms with Gasteiger partial charge >= 0.3 is 0 Å². The highest BCUT2D eigenvalue weighted by Gasteiger charge is 2.09. The van der Waals surface area contributed by atoms with E-state index in [0.717, 1.165) is 13.0 Å². The normalized spacial score (nSPS) is 11.9. The second kappa shape index (κ2) is 5.27. The van der Waals surface area contributed by atoms with Crippen LogP contribution in [-0.4, -0.2) is 26.2 Å². The maximum absolute atomic E-state index is 11.0. The fourth-order valence-corrected chi connectivity index (χ4v) is 1.78. The van der Waals surface area contributed by atoms with Gasteiger partial charge in [-0.1, -0.05) is 6.92 Å². The highest BCUT2D eigenvalue weighted by Crippen LogP contribution is 2.07. The third kappa shape index (κ3) is 4.94. The molecule has 0 aliphatic carbocycles. The van der Waals surface area contributed by atoms with Crippen molar-refractivity contribution in [3.05, 3.63) is 17.8 Å². The van der Waals surface area contributed by atoms with Gasteiger partial charge in [-0.2, -0.15) is 0 Å². The summed E-state index contributed by atoms with van der Waals surface area (Å²) >= 11 is 0. The lowest BCUT2D eigenvalue weighted by molar-refractivity contribution is 0.445. The zero-order valence-electron chi connectivity index (χ0n) is 8.99. The van der Waals surface area contributed by atoms with E-state index in [1.807, 2.05) is 0 Å². The first-order chi connectivity index (χ1) is 7.01. The quantitative estimate of drug-likeness (QED) is 0.732. The summed E-state index contributed by atoms with van der Waals surface area (Å²) in [6.45, 7) is 3.50. The van der Waals surface area contributed by atoms with E-state index in [1.54, 1.807) is 0 Å². The number of hydrogen-bond donors (Lipinski definition) is 1. The molecule has 0 unspecified atom stereocenters. The molecule has 0 fully saturated rings. The van der Waals surface area contributed by atoms with Gasteiger partial charge in [0, 0.05) is 6.26 Å². The molecule has 0 saturated carbocycles. The lowest BCUT2D eigenvalue weighted by atomic mass is 10.5. The van der Waals surface area contributed by atoms with E-state index in [2.05, 4.69) is 17.2 Å². The standard InChI is InChI=1S/C9H16N2O3S/c1-3-4-10-6-9-11-5-8(14-9)7-15(2,12)13/h5,10H,3-4,6-7H2,1-2H3. The van der Waals surface area contributed by atoms with Gasteiger partial charge in [-0.05, 0) is 13.0 Å². The van der Waals surface area contributed by atoms with Gasteiger partial charge < -0.3 is 9.73 Å². The van der Waals surface area contributed by atoms with Crippen molar-refractivity contribution < 1.29 is 12.8 Å². The van der Waals surface area contributed by atoms with E-state index < -0.39 is 9.84 Å². The van der Waals surface area contributed by atoms with Crippen LogP contribution in [0.3, 0.4) is 0 Å². The van der Waals surface area contributed by atoms with Gasteiger partial charge in [0.15, 0.2) is 9.84 Å². The zero-order chi connectivity index (χ0) is 11.3. The summed E-state index contributed by atoms with van der Waals surface area (Å²) in [7, 11) is -3.04. The minimum Gasteiger partial charge on any atom is -0.443 e. The van der Waals surface area contributed by atoms with Gasteiger partial charge in [-0.15, -0.1) is 0 Å². The molecule has 1 rings (SSSR count). The molecule has 1 N–H and O–H groups in total. The van der Waals surface area contributed by atoms with Crippen LogP contribution in [0.15, 0.2) is 10.6 Å². The Bertz CT molecular complexity index is 397. The third-order valence-electron chi connectivity index (χ3n) is 1.71. The molecule has 86 valence electrons. The Morgan fingerprint density at radius 2 is 2.27 bits per heavy atom. The van der Waals surface area contributed by atoms with Crippen molar-refractivity contribution >= 4 is 9.84 Å². The van der Waals surface area contributed by atoms with Crippen LogP contribution in [0.5, 0.6) is 0 Å². The van der Waals surface area contributed by atoms with Crippen LogP contribution < -0.4 is 5.32 Å². The summed E-state index contributed by atoms with van der Waals surface area (Å²) in [5.41, 5.74) is 0. The molecular weight excluding hydrogens is 216 g/mol. The highest BCUT2D eigenvalue weighted by molar-refractivity contribution is 7.89. The van der Waals surface area contributed by atoms with Crippen molar-refractivity contribution in [3.63, 3.8) is 0 Å². The number of oxazole rings is 1. The van der Waals surface area contributed by atoms with E-state index >= 15 is 0 Å². The van der Waals surface area contributed by atoms with Gasteiger partial charge in [-0.3, -0.25) is 0 Å². The Morgan fingerprint density at radius 3 is 2.87 bits per heavy atom. The fraction of sp³-hybridized carbons (Fsp3) is 0.667. The van der Waals surface area contributed by atoms with Crippen LogP contribution in [0.2, 0.25) is 0 Å². The fourth-order valence-electron chi connectivity index (χ4n) is 1.13. The SMILES string of the molecule is CCCNCc1ncc(CS(C)(=O)=O)o1. The Hall–Kier alpha value is -0.880. The largest absolute Gasteiger partial charge is 0.443 e. The lowest BCUT2D eigenvalue weighted by Gasteiger charge is -1.97. The molecule has 1 heterocycles. The molecule has 0 spiro atoms. The number of nitrogens with one attached hydrogen (secondary N) is 1. The number of rotatable bonds is 6. The topological polar surface area (TPSA) is 72.2 Å². The second-order valence-corrected chi connectivity index (χ2v) is 5.61. The molecule has 0 saturated heterocycles. The van der Waals surface area contributed by atoms with Gasteiger partial charge in [-0.25, -0.2) is 13.4 Å². The van der Waals surface area contributed by atoms with Crippen molar-refractivity contribution in [2.24, 2.45) is 0 Å². The Labute approximate surface area is 89.8 Å². The molecule has 1 aromatic rings. The van der Waals surface area contributed by atoms with Crippen LogP contribution >= 0.6 is 0 Å². The summed E-state index contributed by atoms with van der Waals surface area (Å²) in [5.74, 6) is 0.834. The molecule has 15 heavy (non-hydrogen) atoms. The maximum Gasteiger partial charge on any atom is 0.208 e. The first kappa shape index (κ1) is 12.2. The zero-order valence-corrected chi connectivity index (χ0v) is 9.80. The number of hydrogen-bond acceptors (Lipinski definition) is 5. The Morgan fingerprint density at radius 1 is 1.53 bits per heavy atom. The van der Waals surface area contributed by atoms with Gasteiger partial charge in [0.25, 0.3) is 0 Å². The molecule has 0 radical (unpaired) electrons. The highest BCUT2D eigenvalue weighted by atomic mass is 32.2. The molecule has 0 aromatic carbocycles. The summed E-state index contributed by atoms with van der Waals surface area (Å²) in [4.78, 5) is 3.98. The smallest absolute Gasteiger partial charge is 0.208 e. The Balaban J connectivity index is 2.49. The number of sulfone groups is 1. The van der Waals surface area contributed by atoms with Crippen molar-refractivity contribution in [1.29, 1.82) is 0 Å². The van der Waals surface area contributed by atoms with E-state index in [-0.39, 0.29) is 5.75 Å². The predicted octanol–water partition coefficient (Wildman–Crippen LogP) is 0.719. The second-order valence-electron chi connectivity index (χ2n) is 3.47. The van der Waals surface area contributed by atoms with Crippen molar-refractivity contribution in [2.75, 3.05) is 12.8 Å². The molecule has 0 aliphatic heterocycles. The molecule has 1 aromatic heterocycles. The van der Waals surface area contributed by atoms with Gasteiger partial charge in [0.2, 0.25) is 5.89 Å². The van der Waals surface area contributed by atoms with E-state index in [4.69, 9.17) is 4.42 Å². The summed E-state index contributed by atoms with van der Waals surface area (Å²) in [6, 6.07) is 0. The van der Waals surface area contributed by atoms with Gasteiger partial charge in [0.05, 0.1) is 12.7 Å². The summed E-state index contributed by atoms with van der Waals surface area (Å²) in [6.07, 6.45) is 3.67. The van der Waals surface area contributed by atoms with Crippen LogP contribution in [0, 0.1) is 0 Å². The first-order valence-electron chi connectivity index (χ1n) is 4.83. The monoisotopic (exact) mass is 232 g/mol. The summed E-state index contributed by atoms with van der Waals surface area (Å²) in [5, 5.41) is 3.12. The van der Waals surface area contributed by atoms with Crippen LogP contribution in [0.1, 0.15) is 25.0 Å². The average molecular weight is 232 g/mol. The van der Waals surface area contributed by atoms with Crippen LogP contribution in [0.4, 0.5) is 0 Å². The average Bonchev–Trinajstić information content (AvgIpc) is 2.50. The van der Waals surface area contributed by atoms with E-state index in [0.29, 0.717) is 18.2 Å². The third-order valence-corrected chi connectivity index (χ3v) is 2.52. The molecular formula is C9H16N2O3S. The lowest BCUT2D eigenvalue weighted by Crippen LogP contribution is -2.13. The van der Waals surface area contributed by atoms with Crippen LogP contribution in [0.25, 0.3) is 0 Å². The Kier molecular flexibility index (Phi) is 4.28. The predicted molar refractivity (Wildman–Crippen MR) is 57.0 cm³/mol. The molecule has 0 atom stereocenters. The van der Waals surface area contributed by atoms with E-state index in [9.17, 15) is 8.42 Å². The molecule has 0 amide bonds. The molecule has 0 bridgehead atoms. The first-order valence-corrected chi connectivity index (χ1v) is 6.89.